The maximum Gasteiger partial charge on any atom is 0.125 e. The van der Waals surface area contributed by atoms with Gasteiger partial charge in [-0.3, -0.25) is 4.90 Å². The van der Waals surface area contributed by atoms with Crippen LogP contribution in [0.1, 0.15) is 55.8 Å². The predicted octanol–water partition coefficient (Wildman–Crippen LogP) is 2.25. The zero-order valence-corrected chi connectivity index (χ0v) is 13.0. The molecule has 3 fully saturated rings. The highest BCUT2D eigenvalue weighted by atomic mass is 15.2. The van der Waals surface area contributed by atoms with Crippen LogP contribution in [0.4, 0.5) is 0 Å². The second-order valence-electron chi connectivity index (χ2n) is 7.16. The van der Waals surface area contributed by atoms with Gasteiger partial charge >= 0.3 is 0 Å². The number of fused-ring (bicyclic) bond motifs is 2. The van der Waals surface area contributed by atoms with Crippen LogP contribution in [0.3, 0.4) is 0 Å². The smallest absolute Gasteiger partial charge is 0.125 e. The number of rotatable bonds is 2. The van der Waals surface area contributed by atoms with Crippen molar-refractivity contribution >= 4 is 0 Å². The molecule has 1 aromatic heterocycles. The summed E-state index contributed by atoms with van der Waals surface area (Å²) < 4.78 is 0. The number of aryl methyl sites for hydroxylation is 1. The molecule has 2 atom stereocenters. The van der Waals surface area contributed by atoms with Gasteiger partial charge in [-0.15, -0.1) is 0 Å². The van der Waals surface area contributed by atoms with Crippen molar-refractivity contribution in [3.63, 3.8) is 0 Å². The summed E-state index contributed by atoms with van der Waals surface area (Å²) in [7, 11) is 0. The van der Waals surface area contributed by atoms with E-state index in [4.69, 9.17) is 0 Å². The number of nitrogens with zero attached hydrogens (tertiary/aromatic N) is 3. The van der Waals surface area contributed by atoms with Crippen molar-refractivity contribution in [2.24, 2.45) is 0 Å². The summed E-state index contributed by atoms with van der Waals surface area (Å²) in [5, 5.41) is 3.74. The molecule has 21 heavy (non-hydrogen) atoms. The van der Waals surface area contributed by atoms with E-state index in [-0.39, 0.29) is 0 Å². The Morgan fingerprint density at radius 3 is 2.19 bits per heavy atom. The third-order valence-corrected chi connectivity index (χ3v) is 5.73. The zero-order chi connectivity index (χ0) is 14.2. The van der Waals surface area contributed by atoms with Gasteiger partial charge in [0.15, 0.2) is 0 Å². The van der Waals surface area contributed by atoms with Crippen LogP contribution >= 0.6 is 0 Å². The fourth-order valence-electron chi connectivity index (χ4n) is 4.52. The van der Waals surface area contributed by atoms with Crippen LogP contribution in [-0.2, 0) is 0 Å². The minimum Gasteiger partial charge on any atom is -0.309 e. The lowest BCUT2D eigenvalue weighted by Crippen LogP contribution is -2.54. The summed E-state index contributed by atoms with van der Waals surface area (Å²) in [5.74, 6) is 1.56. The number of hydrogen-bond donors (Lipinski definition) is 1. The normalized spacial score (nSPS) is 36.8. The molecule has 1 aromatic rings. The quantitative estimate of drug-likeness (QED) is 0.905. The SMILES string of the molecule is Cc1ncc(C2CCC(N3CC4CCC(C3)N4)CC2)cn1. The third kappa shape index (κ3) is 2.84. The van der Waals surface area contributed by atoms with Crippen LogP contribution in [0.5, 0.6) is 0 Å². The standard InChI is InChI=1S/C17H26N4/c1-12-18-8-14(9-19-12)13-2-6-17(7-3-13)21-10-15-4-5-16(11-21)20-15/h8-9,13,15-17,20H,2-7,10-11H2,1H3. The molecular formula is C17H26N4. The molecule has 2 bridgehead atoms. The molecule has 0 amide bonds. The van der Waals surface area contributed by atoms with Crippen LogP contribution in [0.2, 0.25) is 0 Å². The summed E-state index contributed by atoms with van der Waals surface area (Å²) >= 11 is 0. The second kappa shape index (κ2) is 5.65. The van der Waals surface area contributed by atoms with Gasteiger partial charge in [0.25, 0.3) is 0 Å². The van der Waals surface area contributed by atoms with Crippen molar-refractivity contribution in [1.82, 2.24) is 20.2 Å². The molecule has 0 radical (unpaired) electrons. The van der Waals surface area contributed by atoms with E-state index >= 15 is 0 Å². The molecule has 2 saturated heterocycles. The lowest BCUT2D eigenvalue weighted by atomic mass is 9.82. The molecule has 2 aliphatic heterocycles. The summed E-state index contributed by atoms with van der Waals surface area (Å²) in [6.45, 7) is 4.51. The van der Waals surface area contributed by atoms with E-state index in [1.165, 1.54) is 57.2 Å². The summed E-state index contributed by atoms with van der Waals surface area (Å²) in [6, 6.07) is 2.36. The molecule has 0 spiro atoms. The van der Waals surface area contributed by atoms with Crippen LogP contribution in [0.25, 0.3) is 0 Å². The average molecular weight is 286 g/mol. The predicted molar refractivity (Wildman–Crippen MR) is 83.3 cm³/mol. The summed E-state index contributed by atoms with van der Waals surface area (Å²) in [6.07, 6.45) is 12.1. The van der Waals surface area contributed by atoms with Gasteiger partial charge in [-0.25, -0.2) is 9.97 Å². The Bertz CT molecular complexity index is 466. The second-order valence-corrected chi connectivity index (χ2v) is 7.16. The van der Waals surface area contributed by atoms with E-state index in [1.54, 1.807) is 0 Å². The van der Waals surface area contributed by atoms with Crippen molar-refractivity contribution in [2.45, 2.75) is 69.5 Å². The number of likely N-dealkylation sites (tertiary alicyclic amines) is 1. The minimum absolute atomic E-state index is 0.682. The minimum atomic E-state index is 0.682. The number of nitrogens with one attached hydrogen (secondary N) is 1. The van der Waals surface area contributed by atoms with Crippen LogP contribution < -0.4 is 5.32 Å². The Morgan fingerprint density at radius 1 is 0.952 bits per heavy atom. The van der Waals surface area contributed by atoms with Crippen molar-refractivity contribution in [3.8, 4) is 0 Å². The Labute approximate surface area is 127 Å². The molecule has 4 nitrogen and oxygen atoms in total. The van der Waals surface area contributed by atoms with Gasteiger partial charge in [-0.05, 0) is 56.9 Å². The van der Waals surface area contributed by atoms with Crippen molar-refractivity contribution in [3.05, 3.63) is 23.8 Å². The molecule has 114 valence electrons. The van der Waals surface area contributed by atoms with E-state index in [1.807, 2.05) is 19.3 Å². The van der Waals surface area contributed by atoms with E-state index in [0.29, 0.717) is 5.92 Å². The number of aromatic nitrogens is 2. The lowest BCUT2D eigenvalue weighted by molar-refractivity contribution is 0.108. The maximum atomic E-state index is 4.36. The topological polar surface area (TPSA) is 41.1 Å². The molecule has 1 aliphatic carbocycles. The third-order valence-electron chi connectivity index (χ3n) is 5.73. The van der Waals surface area contributed by atoms with Crippen LogP contribution in [0.15, 0.2) is 12.4 Å². The molecule has 2 unspecified atom stereocenters. The van der Waals surface area contributed by atoms with Gasteiger partial charge in [-0.1, -0.05) is 0 Å². The van der Waals surface area contributed by atoms with E-state index in [0.717, 1.165) is 23.9 Å². The van der Waals surface area contributed by atoms with Gasteiger partial charge < -0.3 is 5.32 Å². The molecule has 3 aliphatic rings. The fourth-order valence-corrected chi connectivity index (χ4v) is 4.52. The first-order chi connectivity index (χ1) is 10.3. The highest BCUT2D eigenvalue weighted by Gasteiger charge is 2.36. The monoisotopic (exact) mass is 286 g/mol. The molecule has 1 N–H and O–H groups in total. The Kier molecular flexibility index (Phi) is 3.67. The average Bonchev–Trinajstić information content (AvgIpc) is 2.86. The highest BCUT2D eigenvalue weighted by molar-refractivity contribution is 5.13. The maximum absolute atomic E-state index is 4.36. The molecule has 4 heteroatoms. The zero-order valence-electron chi connectivity index (χ0n) is 13.0. The first-order valence-corrected chi connectivity index (χ1v) is 8.56. The first-order valence-electron chi connectivity index (χ1n) is 8.56. The van der Waals surface area contributed by atoms with Gasteiger partial charge in [0.05, 0.1) is 0 Å². The number of hydrogen-bond acceptors (Lipinski definition) is 4. The molecule has 0 aromatic carbocycles. The summed E-state index contributed by atoms with van der Waals surface area (Å²) in [4.78, 5) is 11.5. The first kappa shape index (κ1) is 13.6. The van der Waals surface area contributed by atoms with E-state index in [9.17, 15) is 0 Å². The molecule has 4 rings (SSSR count). The van der Waals surface area contributed by atoms with Crippen LogP contribution in [0, 0.1) is 6.92 Å². The van der Waals surface area contributed by atoms with Gasteiger partial charge in [-0.2, -0.15) is 0 Å². The fraction of sp³-hybridized carbons (Fsp3) is 0.765. The van der Waals surface area contributed by atoms with Crippen LogP contribution in [-0.4, -0.2) is 46.1 Å². The molecular weight excluding hydrogens is 260 g/mol. The Morgan fingerprint density at radius 2 is 1.57 bits per heavy atom. The van der Waals surface area contributed by atoms with Crippen molar-refractivity contribution < 1.29 is 0 Å². The summed E-state index contributed by atoms with van der Waals surface area (Å²) in [5.41, 5.74) is 1.35. The van der Waals surface area contributed by atoms with E-state index in [2.05, 4.69) is 20.2 Å². The van der Waals surface area contributed by atoms with Gasteiger partial charge in [0.1, 0.15) is 5.82 Å². The van der Waals surface area contributed by atoms with Crippen molar-refractivity contribution in [1.29, 1.82) is 0 Å². The Hall–Kier alpha value is -1.00. The Balaban J connectivity index is 1.35. The number of piperazine rings is 1. The lowest BCUT2D eigenvalue weighted by Gasteiger charge is -2.41. The van der Waals surface area contributed by atoms with Gasteiger partial charge in [0.2, 0.25) is 0 Å². The van der Waals surface area contributed by atoms with Crippen molar-refractivity contribution in [2.75, 3.05) is 13.1 Å². The largest absolute Gasteiger partial charge is 0.309 e. The highest BCUT2D eigenvalue weighted by Crippen LogP contribution is 2.35. The van der Waals surface area contributed by atoms with Gasteiger partial charge in [0, 0.05) is 43.6 Å². The molecule has 3 heterocycles. The van der Waals surface area contributed by atoms with E-state index < -0.39 is 0 Å². The molecule has 1 saturated carbocycles.